The fraction of sp³-hybridized carbons (Fsp3) is 0.900. The van der Waals surface area contributed by atoms with Crippen LogP contribution in [-0.2, 0) is 26.7 Å². The molecule has 0 rings (SSSR count). The van der Waals surface area contributed by atoms with Crippen molar-refractivity contribution in [3.8, 4) is 0 Å². The third kappa shape index (κ3) is 35.4. The van der Waals surface area contributed by atoms with E-state index in [2.05, 4.69) is 41.5 Å². The van der Waals surface area contributed by atoms with Crippen molar-refractivity contribution in [3.63, 3.8) is 0 Å². The second kappa shape index (κ2) is 15.7. The van der Waals surface area contributed by atoms with Gasteiger partial charge in [-0.25, -0.2) is 0 Å². The normalized spacial score (nSPS) is 11.1. The van der Waals surface area contributed by atoms with Gasteiger partial charge < -0.3 is 19.8 Å². The standard InChI is InChI=1S/2C10H20O2.Fe/c2*1-10(2,3)8-6-4-5-7-9(11)12;/h2*4-8H2,1-3H3,(H,11,12);/q;;+2/p-2. The number of carboxylic acid groups (broad SMARTS) is 2. The van der Waals surface area contributed by atoms with Gasteiger partial charge in [-0.15, -0.1) is 0 Å². The van der Waals surface area contributed by atoms with E-state index >= 15 is 0 Å². The summed E-state index contributed by atoms with van der Waals surface area (Å²) in [6, 6.07) is 0. The summed E-state index contributed by atoms with van der Waals surface area (Å²) in [7, 11) is 0. The molecule has 0 N–H and O–H groups in total. The fourth-order valence-corrected chi connectivity index (χ4v) is 2.20. The quantitative estimate of drug-likeness (QED) is 0.417. The van der Waals surface area contributed by atoms with Crippen LogP contribution in [0.25, 0.3) is 0 Å². The van der Waals surface area contributed by atoms with E-state index in [4.69, 9.17) is 0 Å². The molecule has 0 saturated carbocycles. The summed E-state index contributed by atoms with van der Waals surface area (Å²) in [5.74, 6) is -1.85. The van der Waals surface area contributed by atoms with Gasteiger partial charge >= 0.3 is 17.1 Å². The zero-order valence-electron chi connectivity index (χ0n) is 17.1. The van der Waals surface area contributed by atoms with Crippen LogP contribution in [0.4, 0.5) is 0 Å². The van der Waals surface area contributed by atoms with Crippen molar-refractivity contribution in [2.75, 3.05) is 0 Å². The van der Waals surface area contributed by atoms with Crippen LogP contribution in [0.2, 0.25) is 0 Å². The smallest absolute Gasteiger partial charge is 0.550 e. The van der Waals surface area contributed by atoms with Gasteiger partial charge in [0.15, 0.2) is 0 Å². The van der Waals surface area contributed by atoms with Crippen LogP contribution in [0, 0.1) is 10.8 Å². The molecule has 0 aromatic rings. The van der Waals surface area contributed by atoms with E-state index in [1.54, 1.807) is 0 Å². The van der Waals surface area contributed by atoms with Crippen LogP contribution in [0.3, 0.4) is 0 Å². The summed E-state index contributed by atoms with van der Waals surface area (Å²) < 4.78 is 0. The molecule has 0 atom stereocenters. The molecular formula is C20H38FeO4. The molecule has 0 amide bonds. The summed E-state index contributed by atoms with van der Waals surface area (Å²) in [4.78, 5) is 20.1. The van der Waals surface area contributed by atoms with Gasteiger partial charge in [-0.2, -0.15) is 0 Å². The van der Waals surface area contributed by atoms with Gasteiger partial charge in [0.1, 0.15) is 0 Å². The van der Waals surface area contributed by atoms with E-state index < -0.39 is 11.9 Å². The minimum Gasteiger partial charge on any atom is -0.550 e. The molecule has 0 bridgehead atoms. The number of hydrogen-bond donors (Lipinski definition) is 0. The first-order valence-corrected chi connectivity index (χ1v) is 9.23. The minimum atomic E-state index is -0.925. The number of hydrogen-bond acceptors (Lipinski definition) is 4. The van der Waals surface area contributed by atoms with Crippen molar-refractivity contribution in [3.05, 3.63) is 0 Å². The van der Waals surface area contributed by atoms with Crippen LogP contribution >= 0.6 is 0 Å². The fourth-order valence-electron chi connectivity index (χ4n) is 2.20. The Kier molecular flexibility index (Phi) is 18.4. The van der Waals surface area contributed by atoms with Gasteiger partial charge in [0, 0.05) is 11.9 Å². The molecule has 5 heteroatoms. The van der Waals surface area contributed by atoms with Gasteiger partial charge in [0.05, 0.1) is 0 Å². The Morgan fingerprint density at radius 3 is 1.08 bits per heavy atom. The molecule has 0 spiro atoms. The molecule has 0 heterocycles. The van der Waals surface area contributed by atoms with Crippen molar-refractivity contribution >= 4 is 11.9 Å². The van der Waals surface area contributed by atoms with Crippen LogP contribution in [-0.4, -0.2) is 11.9 Å². The van der Waals surface area contributed by atoms with E-state index in [0.717, 1.165) is 38.5 Å². The van der Waals surface area contributed by atoms with Crippen molar-refractivity contribution in [1.82, 2.24) is 0 Å². The van der Waals surface area contributed by atoms with Gasteiger partial charge in [-0.1, -0.05) is 67.2 Å². The van der Waals surface area contributed by atoms with E-state index in [9.17, 15) is 19.8 Å². The van der Waals surface area contributed by atoms with Gasteiger partial charge in [0.2, 0.25) is 0 Å². The predicted molar refractivity (Wildman–Crippen MR) is 95.1 cm³/mol. The topological polar surface area (TPSA) is 80.3 Å². The number of carboxylic acids is 2. The first kappa shape index (κ1) is 29.2. The molecule has 0 aromatic carbocycles. The van der Waals surface area contributed by atoms with Crippen LogP contribution < -0.4 is 10.2 Å². The average Bonchev–Trinajstić information content (AvgIpc) is 2.35. The number of unbranched alkanes of at least 4 members (excludes halogenated alkanes) is 4. The Morgan fingerprint density at radius 1 is 0.600 bits per heavy atom. The van der Waals surface area contributed by atoms with Gasteiger partial charge in [-0.05, 0) is 49.4 Å². The maximum absolute atomic E-state index is 10.0. The second-order valence-electron chi connectivity index (χ2n) is 8.99. The maximum atomic E-state index is 10.0. The third-order valence-electron chi connectivity index (χ3n) is 3.62. The molecule has 0 saturated heterocycles. The van der Waals surface area contributed by atoms with Crippen molar-refractivity contribution in [1.29, 1.82) is 0 Å². The molecule has 0 fully saturated rings. The number of rotatable bonds is 10. The third-order valence-corrected chi connectivity index (χ3v) is 3.62. The van der Waals surface area contributed by atoms with Gasteiger partial charge in [-0.3, -0.25) is 0 Å². The Morgan fingerprint density at radius 2 is 0.880 bits per heavy atom. The van der Waals surface area contributed by atoms with Gasteiger partial charge in [0.25, 0.3) is 0 Å². The first-order chi connectivity index (χ1) is 10.8. The molecule has 0 radical (unpaired) electrons. The molecule has 0 aromatic heterocycles. The Bertz CT molecular complexity index is 307. The van der Waals surface area contributed by atoms with E-state index in [0.29, 0.717) is 10.8 Å². The van der Waals surface area contributed by atoms with Crippen LogP contribution in [0.5, 0.6) is 0 Å². The zero-order valence-corrected chi connectivity index (χ0v) is 18.2. The number of aliphatic carboxylic acids is 2. The summed E-state index contributed by atoms with van der Waals surface area (Å²) in [5, 5.41) is 20.1. The molecule has 150 valence electrons. The largest absolute Gasteiger partial charge is 2.00 e. The molecule has 4 nitrogen and oxygen atoms in total. The monoisotopic (exact) mass is 398 g/mol. The van der Waals surface area contributed by atoms with E-state index in [1.165, 1.54) is 12.8 Å². The molecule has 25 heavy (non-hydrogen) atoms. The molecular weight excluding hydrogens is 360 g/mol. The van der Waals surface area contributed by atoms with Crippen molar-refractivity contribution in [2.45, 2.75) is 106 Å². The molecule has 0 aliphatic rings. The Balaban J connectivity index is -0.000000372. The maximum Gasteiger partial charge on any atom is 2.00 e. The first-order valence-electron chi connectivity index (χ1n) is 9.23. The summed E-state index contributed by atoms with van der Waals surface area (Å²) in [6.45, 7) is 13.2. The van der Waals surface area contributed by atoms with Crippen LogP contribution in [0.15, 0.2) is 0 Å². The van der Waals surface area contributed by atoms with Crippen molar-refractivity contribution in [2.24, 2.45) is 10.8 Å². The predicted octanol–water partition coefficient (Wildman–Crippen LogP) is 3.46. The average molecular weight is 398 g/mol. The molecule has 0 aliphatic carbocycles. The summed E-state index contributed by atoms with van der Waals surface area (Å²) in [6.07, 6.45) is 8.54. The van der Waals surface area contributed by atoms with Crippen LogP contribution in [0.1, 0.15) is 106 Å². The van der Waals surface area contributed by atoms with E-state index in [-0.39, 0.29) is 29.9 Å². The number of carbonyl (C=O) groups excluding carboxylic acids is 2. The molecule has 0 unspecified atom stereocenters. The number of carbonyl (C=O) groups is 2. The van der Waals surface area contributed by atoms with Crippen molar-refractivity contribution < 1.29 is 36.9 Å². The Hall–Kier alpha value is -0.541. The SMILES string of the molecule is CC(C)(C)CCCCCC(=O)[O-].CC(C)(C)CCCCCC(=O)[O-].[Fe+2]. The zero-order chi connectivity index (χ0) is 19.2. The summed E-state index contributed by atoms with van der Waals surface area (Å²) >= 11 is 0. The second-order valence-corrected chi connectivity index (χ2v) is 8.99. The Labute approximate surface area is 165 Å². The van der Waals surface area contributed by atoms with E-state index in [1.807, 2.05) is 0 Å². The summed E-state index contributed by atoms with van der Waals surface area (Å²) in [5.41, 5.74) is 0.753. The molecule has 0 aliphatic heterocycles. The minimum absolute atomic E-state index is 0.